The lowest BCUT2D eigenvalue weighted by molar-refractivity contribution is 0.548. The van der Waals surface area contributed by atoms with Crippen LogP contribution in [0, 0.1) is 17.1 Å². The predicted octanol–water partition coefficient (Wildman–Crippen LogP) is 3.55. The van der Waals surface area contributed by atoms with Gasteiger partial charge in [-0.2, -0.15) is 5.26 Å². The molecule has 0 heterocycles. The maximum absolute atomic E-state index is 14.0. The van der Waals surface area contributed by atoms with Gasteiger partial charge in [-0.3, -0.25) is 4.99 Å². The van der Waals surface area contributed by atoms with Crippen LogP contribution in [0.25, 0.3) is 0 Å². The van der Waals surface area contributed by atoms with Crippen LogP contribution >= 0.6 is 0 Å². The number of nitrogens with one attached hydrogen (secondary N) is 2. The second-order valence-electron chi connectivity index (χ2n) is 5.98. The highest BCUT2D eigenvalue weighted by molar-refractivity contribution is 5.80. The number of benzene rings is 2. The van der Waals surface area contributed by atoms with Crippen LogP contribution in [0.1, 0.15) is 36.5 Å². The molecule has 2 N–H and O–H groups in total. The summed E-state index contributed by atoms with van der Waals surface area (Å²) in [6, 6.07) is 16.8. The summed E-state index contributed by atoms with van der Waals surface area (Å²) in [6.45, 7) is 4.54. The number of guanidine groups is 1. The summed E-state index contributed by atoms with van der Waals surface area (Å²) in [6.07, 6.45) is 0. The standard InChI is InChI=1S/C20H23FN4/c1-14(17-7-5-4-6-8-17)15(2)25-20(23-3)24-13-18-10-9-16(12-22)11-19(18)21/h4-11,14-15H,13H2,1-3H3,(H2,23,24,25). The van der Waals surface area contributed by atoms with Crippen LogP contribution in [-0.4, -0.2) is 19.0 Å². The number of halogens is 1. The van der Waals surface area contributed by atoms with Crippen LogP contribution in [0.5, 0.6) is 0 Å². The topological polar surface area (TPSA) is 60.2 Å². The first-order valence-corrected chi connectivity index (χ1v) is 8.25. The molecule has 0 saturated carbocycles. The van der Waals surface area contributed by atoms with Gasteiger partial charge in [-0.15, -0.1) is 0 Å². The number of hydrogen-bond acceptors (Lipinski definition) is 2. The van der Waals surface area contributed by atoms with Crippen molar-refractivity contribution in [1.82, 2.24) is 10.6 Å². The average molecular weight is 338 g/mol. The lowest BCUT2D eigenvalue weighted by Crippen LogP contribution is -2.43. The first kappa shape index (κ1) is 18.5. The van der Waals surface area contributed by atoms with Gasteiger partial charge in [-0.1, -0.05) is 43.3 Å². The molecular formula is C20H23FN4. The van der Waals surface area contributed by atoms with Crippen LogP contribution in [0.4, 0.5) is 4.39 Å². The molecule has 2 rings (SSSR count). The Labute approximate surface area is 148 Å². The number of hydrogen-bond donors (Lipinski definition) is 2. The van der Waals surface area contributed by atoms with Crippen molar-refractivity contribution < 1.29 is 4.39 Å². The molecule has 2 atom stereocenters. The minimum Gasteiger partial charge on any atom is -0.353 e. The summed E-state index contributed by atoms with van der Waals surface area (Å²) in [4.78, 5) is 4.20. The fourth-order valence-corrected chi connectivity index (χ4v) is 2.52. The van der Waals surface area contributed by atoms with E-state index >= 15 is 0 Å². The SMILES string of the molecule is CN=C(NCc1ccc(C#N)cc1F)NC(C)C(C)c1ccccc1. The maximum Gasteiger partial charge on any atom is 0.191 e. The van der Waals surface area contributed by atoms with Gasteiger partial charge >= 0.3 is 0 Å². The minimum atomic E-state index is -0.396. The summed E-state index contributed by atoms with van der Waals surface area (Å²) < 4.78 is 14.0. The van der Waals surface area contributed by atoms with Crippen LogP contribution < -0.4 is 10.6 Å². The Balaban J connectivity index is 1.96. The minimum absolute atomic E-state index is 0.152. The summed E-state index contributed by atoms with van der Waals surface area (Å²) in [5, 5.41) is 15.3. The van der Waals surface area contributed by atoms with Crippen molar-refractivity contribution in [2.75, 3.05) is 7.05 Å². The molecule has 0 radical (unpaired) electrons. The van der Waals surface area contributed by atoms with Gasteiger partial charge in [0.05, 0.1) is 11.6 Å². The zero-order valence-corrected chi connectivity index (χ0v) is 14.8. The molecule has 2 unspecified atom stereocenters. The van der Waals surface area contributed by atoms with E-state index in [0.717, 1.165) is 0 Å². The van der Waals surface area contributed by atoms with Gasteiger partial charge in [0, 0.05) is 31.1 Å². The quantitative estimate of drug-likeness (QED) is 0.647. The molecule has 0 bridgehead atoms. The molecule has 5 heteroatoms. The van der Waals surface area contributed by atoms with Gasteiger partial charge < -0.3 is 10.6 Å². The van der Waals surface area contributed by atoms with Crippen molar-refractivity contribution in [3.05, 3.63) is 71.0 Å². The molecule has 0 aliphatic heterocycles. The lowest BCUT2D eigenvalue weighted by Gasteiger charge is -2.24. The van der Waals surface area contributed by atoms with Crippen molar-refractivity contribution in [2.45, 2.75) is 32.4 Å². The van der Waals surface area contributed by atoms with Gasteiger partial charge in [0.1, 0.15) is 5.82 Å². The Hall–Kier alpha value is -2.87. The van der Waals surface area contributed by atoms with Gasteiger partial charge in [0.2, 0.25) is 0 Å². The van der Waals surface area contributed by atoms with Gasteiger partial charge in [-0.05, 0) is 24.6 Å². The summed E-state index contributed by atoms with van der Waals surface area (Å²) in [5.41, 5.74) is 2.05. The van der Waals surface area contributed by atoms with E-state index in [-0.39, 0.29) is 6.04 Å². The second kappa shape index (κ2) is 8.84. The van der Waals surface area contributed by atoms with Crippen molar-refractivity contribution in [2.24, 2.45) is 4.99 Å². The maximum atomic E-state index is 14.0. The van der Waals surface area contributed by atoms with Crippen LogP contribution in [0.3, 0.4) is 0 Å². The lowest BCUT2D eigenvalue weighted by atomic mass is 9.94. The highest BCUT2D eigenvalue weighted by Crippen LogP contribution is 2.18. The smallest absolute Gasteiger partial charge is 0.191 e. The Morgan fingerprint density at radius 1 is 1.20 bits per heavy atom. The zero-order chi connectivity index (χ0) is 18.2. The predicted molar refractivity (Wildman–Crippen MR) is 98.8 cm³/mol. The molecule has 0 saturated heterocycles. The van der Waals surface area contributed by atoms with E-state index in [1.165, 1.54) is 11.6 Å². The largest absolute Gasteiger partial charge is 0.353 e. The molecule has 130 valence electrons. The Morgan fingerprint density at radius 3 is 2.52 bits per heavy atom. The highest BCUT2D eigenvalue weighted by Gasteiger charge is 2.15. The Bertz CT molecular complexity index is 765. The van der Waals surface area contributed by atoms with E-state index in [1.54, 1.807) is 19.2 Å². The first-order valence-electron chi connectivity index (χ1n) is 8.25. The van der Waals surface area contributed by atoms with E-state index in [0.29, 0.717) is 29.5 Å². The van der Waals surface area contributed by atoms with Crippen LogP contribution in [0.2, 0.25) is 0 Å². The number of nitrogens with zero attached hydrogens (tertiary/aromatic N) is 2. The van der Waals surface area contributed by atoms with Gasteiger partial charge in [0.15, 0.2) is 5.96 Å². The van der Waals surface area contributed by atoms with E-state index in [1.807, 2.05) is 24.3 Å². The molecule has 0 fully saturated rings. The zero-order valence-electron chi connectivity index (χ0n) is 14.8. The average Bonchev–Trinajstić information content (AvgIpc) is 2.65. The Kier molecular flexibility index (Phi) is 6.53. The molecule has 2 aromatic rings. The van der Waals surface area contributed by atoms with Crippen molar-refractivity contribution in [3.63, 3.8) is 0 Å². The van der Waals surface area contributed by atoms with E-state index in [9.17, 15) is 4.39 Å². The molecule has 0 aromatic heterocycles. The molecule has 0 aliphatic carbocycles. The molecule has 0 spiro atoms. The van der Waals surface area contributed by atoms with Gasteiger partial charge in [-0.25, -0.2) is 4.39 Å². The molecule has 4 nitrogen and oxygen atoms in total. The van der Waals surface area contributed by atoms with Crippen molar-refractivity contribution in [1.29, 1.82) is 5.26 Å². The highest BCUT2D eigenvalue weighted by atomic mass is 19.1. The number of aliphatic imine (C=N–C) groups is 1. The molecule has 0 amide bonds. The molecule has 0 aliphatic rings. The van der Waals surface area contributed by atoms with Crippen molar-refractivity contribution in [3.8, 4) is 6.07 Å². The third kappa shape index (κ3) is 5.05. The van der Waals surface area contributed by atoms with Crippen LogP contribution in [0.15, 0.2) is 53.5 Å². The fourth-order valence-electron chi connectivity index (χ4n) is 2.52. The van der Waals surface area contributed by atoms with Crippen LogP contribution in [-0.2, 0) is 6.54 Å². The first-order chi connectivity index (χ1) is 12.0. The van der Waals surface area contributed by atoms with Gasteiger partial charge in [0.25, 0.3) is 0 Å². The summed E-state index contributed by atoms with van der Waals surface area (Å²) in [7, 11) is 1.68. The number of rotatable bonds is 5. The van der Waals surface area contributed by atoms with E-state index in [4.69, 9.17) is 5.26 Å². The van der Waals surface area contributed by atoms with Crippen molar-refractivity contribution >= 4 is 5.96 Å². The summed E-state index contributed by atoms with van der Waals surface area (Å²) in [5.74, 6) is 0.512. The third-order valence-electron chi connectivity index (χ3n) is 4.29. The molecule has 25 heavy (non-hydrogen) atoms. The molecule has 2 aromatic carbocycles. The second-order valence-corrected chi connectivity index (χ2v) is 5.98. The fraction of sp³-hybridized carbons (Fsp3) is 0.300. The normalized spacial score (nSPS) is 13.6. The number of nitriles is 1. The third-order valence-corrected chi connectivity index (χ3v) is 4.29. The monoisotopic (exact) mass is 338 g/mol. The Morgan fingerprint density at radius 2 is 1.92 bits per heavy atom. The van der Waals surface area contributed by atoms with E-state index < -0.39 is 5.82 Å². The van der Waals surface area contributed by atoms with E-state index in [2.05, 4.69) is 41.6 Å². The molecular weight excluding hydrogens is 315 g/mol. The summed E-state index contributed by atoms with van der Waals surface area (Å²) >= 11 is 0.